The second kappa shape index (κ2) is 5.33. The molecule has 0 bridgehead atoms. The molecule has 0 aliphatic heterocycles. The number of fused-ring (bicyclic) bond motifs is 1. The summed E-state index contributed by atoms with van der Waals surface area (Å²) in [5, 5.41) is 4.34. The average molecular weight is 306 g/mol. The number of H-pyrrole nitrogens is 1. The highest BCUT2D eigenvalue weighted by atomic mass is 32.1. The Bertz CT molecular complexity index is 848. The lowest BCUT2D eigenvalue weighted by Gasteiger charge is -2.05. The summed E-state index contributed by atoms with van der Waals surface area (Å²) in [5.74, 6) is -0.193. The third-order valence-electron chi connectivity index (χ3n) is 3.41. The van der Waals surface area contributed by atoms with Crippen molar-refractivity contribution in [1.82, 2.24) is 19.3 Å². The summed E-state index contributed by atoms with van der Waals surface area (Å²) in [6.45, 7) is 0.671. The molecule has 0 spiro atoms. The molecule has 3 rings (SSSR count). The Kier molecular flexibility index (Phi) is 3.50. The summed E-state index contributed by atoms with van der Waals surface area (Å²) < 4.78 is 23.0. The van der Waals surface area contributed by atoms with Crippen molar-refractivity contribution in [2.24, 2.45) is 7.05 Å². The third-order valence-corrected chi connectivity index (χ3v) is 3.73. The van der Waals surface area contributed by atoms with E-state index >= 15 is 0 Å². The minimum Gasteiger partial charge on any atom is -0.494 e. The number of rotatable bonds is 4. The zero-order valence-electron chi connectivity index (χ0n) is 11.8. The van der Waals surface area contributed by atoms with Gasteiger partial charge in [0.25, 0.3) is 0 Å². The number of benzene rings is 1. The van der Waals surface area contributed by atoms with Gasteiger partial charge in [0.05, 0.1) is 23.8 Å². The van der Waals surface area contributed by atoms with Gasteiger partial charge in [-0.1, -0.05) is 0 Å². The number of hydrogen-bond donors (Lipinski definition) is 1. The van der Waals surface area contributed by atoms with Crippen molar-refractivity contribution < 1.29 is 9.13 Å². The van der Waals surface area contributed by atoms with E-state index in [1.807, 2.05) is 23.9 Å². The number of ether oxygens (including phenoxy) is 1. The molecule has 1 aromatic carbocycles. The molecule has 0 amide bonds. The second-order valence-corrected chi connectivity index (χ2v) is 5.20. The Morgan fingerprint density at radius 1 is 1.43 bits per heavy atom. The zero-order chi connectivity index (χ0) is 15.0. The Labute approximate surface area is 126 Å². The average Bonchev–Trinajstić information content (AvgIpc) is 2.98. The maximum Gasteiger partial charge on any atom is 0.178 e. The van der Waals surface area contributed by atoms with Crippen LogP contribution in [0.4, 0.5) is 4.39 Å². The summed E-state index contributed by atoms with van der Waals surface area (Å²) in [7, 11) is 3.33. The molecular formula is C14H15FN4OS. The Morgan fingerprint density at radius 2 is 2.24 bits per heavy atom. The molecule has 0 fully saturated rings. The Hall–Kier alpha value is -2.15. The highest BCUT2D eigenvalue weighted by Gasteiger charge is 2.11. The van der Waals surface area contributed by atoms with E-state index in [4.69, 9.17) is 17.0 Å². The molecule has 0 aliphatic rings. The van der Waals surface area contributed by atoms with Gasteiger partial charge in [0.15, 0.2) is 16.3 Å². The van der Waals surface area contributed by atoms with Gasteiger partial charge >= 0.3 is 0 Å². The van der Waals surface area contributed by atoms with Crippen LogP contribution in [0.2, 0.25) is 0 Å². The number of aromatic amines is 1. The predicted molar refractivity (Wildman–Crippen MR) is 80.5 cm³/mol. The highest BCUT2D eigenvalue weighted by molar-refractivity contribution is 7.71. The fourth-order valence-electron chi connectivity index (χ4n) is 2.36. The fourth-order valence-corrected chi connectivity index (χ4v) is 2.66. The highest BCUT2D eigenvalue weighted by Crippen LogP contribution is 2.24. The van der Waals surface area contributed by atoms with Crippen molar-refractivity contribution in [3.05, 3.63) is 40.7 Å². The summed E-state index contributed by atoms with van der Waals surface area (Å²) in [4.78, 5) is 3.02. The first-order valence-corrected chi connectivity index (χ1v) is 6.94. The monoisotopic (exact) mass is 306 g/mol. The number of methoxy groups -OCH3 is 1. The van der Waals surface area contributed by atoms with E-state index in [-0.39, 0.29) is 5.75 Å². The molecule has 3 aromatic rings. The molecule has 0 atom stereocenters. The number of nitrogens with one attached hydrogen (secondary N) is 1. The van der Waals surface area contributed by atoms with Crippen LogP contribution in [0.25, 0.3) is 11.0 Å². The van der Waals surface area contributed by atoms with Crippen LogP contribution in [0.5, 0.6) is 5.75 Å². The van der Waals surface area contributed by atoms with Crippen LogP contribution in [0.1, 0.15) is 5.69 Å². The maximum absolute atomic E-state index is 13.7. The fraction of sp³-hybridized carbons (Fsp3) is 0.286. The van der Waals surface area contributed by atoms with Gasteiger partial charge in [0.1, 0.15) is 0 Å². The van der Waals surface area contributed by atoms with E-state index in [0.717, 1.165) is 17.6 Å². The zero-order valence-corrected chi connectivity index (χ0v) is 12.6. The van der Waals surface area contributed by atoms with E-state index in [1.54, 1.807) is 10.7 Å². The number of aromatic nitrogens is 4. The van der Waals surface area contributed by atoms with Crippen molar-refractivity contribution in [3.63, 3.8) is 0 Å². The Morgan fingerprint density at radius 3 is 2.90 bits per heavy atom. The summed E-state index contributed by atoms with van der Waals surface area (Å²) in [6.07, 6.45) is 2.66. The quantitative estimate of drug-likeness (QED) is 0.754. The molecule has 2 heterocycles. The van der Waals surface area contributed by atoms with E-state index in [9.17, 15) is 4.39 Å². The van der Waals surface area contributed by atoms with Gasteiger partial charge in [0.2, 0.25) is 0 Å². The standard InChI is InChI=1S/C14H15FN4OS/c1-18-5-3-9(17-18)4-6-19-12-8-13(20-2)10(15)7-11(12)16-14(19)21/h3,5,7-8H,4,6H2,1-2H3,(H,16,21). The predicted octanol–water partition coefficient (Wildman–Crippen LogP) is 2.82. The lowest BCUT2D eigenvalue weighted by molar-refractivity contribution is 0.387. The third kappa shape index (κ3) is 2.56. The number of halogens is 1. The van der Waals surface area contributed by atoms with Gasteiger partial charge in [-0.05, 0) is 18.3 Å². The van der Waals surface area contributed by atoms with Crippen LogP contribution in [0.3, 0.4) is 0 Å². The van der Waals surface area contributed by atoms with Crippen molar-refractivity contribution in [2.45, 2.75) is 13.0 Å². The van der Waals surface area contributed by atoms with Gasteiger partial charge in [-0.3, -0.25) is 4.68 Å². The lowest BCUT2D eigenvalue weighted by Crippen LogP contribution is -2.03. The number of aryl methyl sites for hydroxylation is 3. The molecule has 0 radical (unpaired) electrons. The number of hydrogen-bond acceptors (Lipinski definition) is 3. The van der Waals surface area contributed by atoms with Crippen molar-refractivity contribution >= 4 is 23.3 Å². The molecule has 110 valence electrons. The summed E-state index contributed by atoms with van der Waals surface area (Å²) >= 11 is 5.31. The molecule has 0 saturated carbocycles. The van der Waals surface area contributed by atoms with E-state index in [0.29, 0.717) is 16.8 Å². The van der Waals surface area contributed by atoms with Gasteiger partial charge < -0.3 is 14.3 Å². The van der Waals surface area contributed by atoms with Crippen LogP contribution in [-0.4, -0.2) is 26.4 Å². The largest absolute Gasteiger partial charge is 0.494 e. The van der Waals surface area contributed by atoms with Gasteiger partial charge in [0, 0.05) is 38.3 Å². The molecule has 21 heavy (non-hydrogen) atoms. The molecule has 0 saturated heterocycles. The molecule has 0 aliphatic carbocycles. The lowest BCUT2D eigenvalue weighted by atomic mass is 10.2. The Balaban J connectivity index is 1.97. The first kappa shape index (κ1) is 13.8. The first-order chi connectivity index (χ1) is 10.1. The number of imidazole rings is 1. The molecular weight excluding hydrogens is 291 g/mol. The van der Waals surface area contributed by atoms with Crippen LogP contribution >= 0.6 is 12.2 Å². The van der Waals surface area contributed by atoms with E-state index < -0.39 is 5.82 Å². The van der Waals surface area contributed by atoms with Crippen LogP contribution in [-0.2, 0) is 20.0 Å². The van der Waals surface area contributed by atoms with Crippen molar-refractivity contribution in [3.8, 4) is 5.75 Å². The normalized spacial score (nSPS) is 11.2. The van der Waals surface area contributed by atoms with Crippen molar-refractivity contribution in [2.75, 3.05) is 7.11 Å². The molecule has 7 heteroatoms. The molecule has 2 aromatic heterocycles. The molecule has 1 N–H and O–H groups in total. The summed E-state index contributed by atoms with van der Waals surface area (Å²) in [5.41, 5.74) is 2.48. The number of nitrogens with zero attached hydrogens (tertiary/aromatic N) is 3. The van der Waals surface area contributed by atoms with Crippen LogP contribution in [0, 0.1) is 10.6 Å². The second-order valence-electron chi connectivity index (χ2n) is 4.82. The maximum atomic E-state index is 13.7. The van der Waals surface area contributed by atoms with E-state index in [1.165, 1.54) is 13.2 Å². The van der Waals surface area contributed by atoms with Crippen LogP contribution < -0.4 is 4.74 Å². The van der Waals surface area contributed by atoms with Gasteiger partial charge in [-0.15, -0.1) is 0 Å². The minimum absolute atomic E-state index is 0.211. The van der Waals surface area contributed by atoms with Gasteiger partial charge in [-0.2, -0.15) is 5.10 Å². The van der Waals surface area contributed by atoms with Crippen LogP contribution in [0.15, 0.2) is 24.4 Å². The molecule has 0 unspecified atom stereocenters. The van der Waals surface area contributed by atoms with Crippen molar-refractivity contribution in [1.29, 1.82) is 0 Å². The first-order valence-electron chi connectivity index (χ1n) is 6.53. The molecule has 5 nitrogen and oxygen atoms in total. The summed E-state index contributed by atoms with van der Waals surface area (Å²) in [6, 6.07) is 5.04. The van der Waals surface area contributed by atoms with E-state index in [2.05, 4.69) is 10.1 Å². The smallest absolute Gasteiger partial charge is 0.178 e. The topological polar surface area (TPSA) is 47.8 Å². The SMILES string of the molecule is COc1cc2c(cc1F)[nH]c(=S)n2CCc1ccn(C)n1. The minimum atomic E-state index is -0.405. The van der Waals surface area contributed by atoms with Gasteiger partial charge in [-0.25, -0.2) is 4.39 Å².